The first-order valence-electron chi connectivity index (χ1n) is 9.20. The number of ketones is 1. The van der Waals surface area contributed by atoms with Crippen molar-refractivity contribution in [1.82, 2.24) is 10.3 Å². The molecule has 8 nitrogen and oxygen atoms in total. The first-order chi connectivity index (χ1) is 14.0. The number of rotatable bonds is 11. The van der Waals surface area contributed by atoms with E-state index in [0.29, 0.717) is 23.7 Å². The molecule has 0 bridgehead atoms. The van der Waals surface area contributed by atoms with Gasteiger partial charge in [0.25, 0.3) is 5.91 Å². The summed E-state index contributed by atoms with van der Waals surface area (Å²) >= 11 is 0. The van der Waals surface area contributed by atoms with E-state index in [0.717, 1.165) is 12.0 Å². The average molecular weight is 402 g/mol. The number of benzene rings is 1. The highest BCUT2D eigenvalue weighted by Crippen LogP contribution is 2.40. The minimum Gasteiger partial charge on any atom is -0.493 e. The maximum absolute atomic E-state index is 13.0. The van der Waals surface area contributed by atoms with Crippen LogP contribution in [-0.2, 0) is 11.2 Å². The quantitative estimate of drug-likeness (QED) is 0.577. The molecule has 2 rings (SSSR count). The molecule has 156 valence electrons. The van der Waals surface area contributed by atoms with Crippen molar-refractivity contribution in [2.24, 2.45) is 0 Å². The van der Waals surface area contributed by atoms with Gasteiger partial charge in [0.1, 0.15) is 0 Å². The van der Waals surface area contributed by atoms with Gasteiger partial charge in [-0.3, -0.25) is 9.59 Å². The first kappa shape index (κ1) is 22.0. The number of nitrogens with zero attached hydrogens (tertiary/aromatic N) is 1. The number of nitrogens with one attached hydrogen (secondary N) is 1. The number of aromatic nitrogens is 1. The fraction of sp³-hybridized carbons (Fsp3) is 0.381. The number of methoxy groups -OCH3 is 3. The van der Waals surface area contributed by atoms with E-state index in [9.17, 15) is 9.59 Å². The van der Waals surface area contributed by atoms with Crippen molar-refractivity contribution in [3.8, 4) is 23.1 Å². The molecule has 0 aliphatic carbocycles. The van der Waals surface area contributed by atoms with Crippen molar-refractivity contribution < 1.29 is 28.5 Å². The van der Waals surface area contributed by atoms with Crippen LogP contribution in [0.5, 0.6) is 23.1 Å². The summed E-state index contributed by atoms with van der Waals surface area (Å²) in [6.45, 7) is 2.26. The SMILES string of the molecule is CCCNC(=O)COc1c(C(=O)Cc2ccnc(OC)c2)ccc(OC)c1OC. The fourth-order valence-electron chi connectivity index (χ4n) is 2.67. The average Bonchev–Trinajstić information content (AvgIpc) is 2.75. The van der Waals surface area contributed by atoms with Gasteiger partial charge in [-0.25, -0.2) is 4.98 Å². The summed E-state index contributed by atoms with van der Waals surface area (Å²) in [6.07, 6.45) is 2.49. The summed E-state index contributed by atoms with van der Waals surface area (Å²) in [5, 5.41) is 2.73. The minimum absolute atomic E-state index is 0.104. The van der Waals surface area contributed by atoms with Crippen LogP contribution < -0.4 is 24.3 Å². The van der Waals surface area contributed by atoms with Gasteiger partial charge < -0.3 is 24.3 Å². The summed E-state index contributed by atoms with van der Waals surface area (Å²) in [4.78, 5) is 29.0. The van der Waals surface area contributed by atoms with Crippen molar-refractivity contribution in [3.05, 3.63) is 41.6 Å². The molecule has 0 spiro atoms. The number of hydrogen-bond donors (Lipinski definition) is 1. The van der Waals surface area contributed by atoms with Crippen molar-refractivity contribution in [2.45, 2.75) is 19.8 Å². The van der Waals surface area contributed by atoms with E-state index < -0.39 is 0 Å². The smallest absolute Gasteiger partial charge is 0.257 e. The Morgan fingerprint density at radius 2 is 1.83 bits per heavy atom. The minimum atomic E-state index is -0.283. The fourth-order valence-corrected chi connectivity index (χ4v) is 2.67. The van der Waals surface area contributed by atoms with Gasteiger partial charge in [0, 0.05) is 25.2 Å². The molecular formula is C21H26N2O6. The second-order valence-corrected chi connectivity index (χ2v) is 6.12. The maximum atomic E-state index is 13.0. The molecule has 1 aromatic heterocycles. The van der Waals surface area contributed by atoms with Gasteiger partial charge in [0.05, 0.1) is 26.9 Å². The molecule has 0 aliphatic heterocycles. The summed E-state index contributed by atoms with van der Waals surface area (Å²) in [5.74, 6) is 0.765. The molecular weight excluding hydrogens is 376 g/mol. The van der Waals surface area contributed by atoms with Crippen LogP contribution in [0.15, 0.2) is 30.5 Å². The zero-order chi connectivity index (χ0) is 21.2. The number of hydrogen-bond acceptors (Lipinski definition) is 7. The Bertz CT molecular complexity index is 853. The molecule has 0 unspecified atom stereocenters. The van der Waals surface area contributed by atoms with Gasteiger partial charge in [-0.05, 0) is 30.2 Å². The number of carbonyl (C=O) groups excluding carboxylic acids is 2. The second-order valence-electron chi connectivity index (χ2n) is 6.12. The van der Waals surface area contributed by atoms with E-state index in [1.54, 1.807) is 30.5 Å². The standard InChI is InChI=1S/C21H26N2O6/c1-5-9-22-18(25)13-29-20-15(6-7-17(26-2)21(20)28-4)16(24)11-14-8-10-23-19(12-14)27-3/h6-8,10,12H,5,9,11,13H2,1-4H3,(H,22,25). The van der Waals surface area contributed by atoms with E-state index in [-0.39, 0.29) is 36.2 Å². The molecule has 0 aliphatic rings. The molecule has 0 saturated heterocycles. The Labute approximate surface area is 170 Å². The third kappa shape index (κ3) is 5.84. The monoisotopic (exact) mass is 402 g/mol. The Kier molecular flexibility index (Phi) is 8.27. The molecule has 29 heavy (non-hydrogen) atoms. The highest BCUT2D eigenvalue weighted by Gasteiger charge is 2.22. The van der Waals surface area contributed by atoms with Gasteiger partial charge >= 0.3 is 0 Å². The molecule has 8 heteroatoms. The number of carbonyl (C=O) groups is 2. The number of amides is 1. The van der Waals surface area contributed by atoms with Crippen LogP contribution in [0, 0.1) is 0 Å². The lowest BCUT2D eigenvalue weighted by Crippen LogP contribution is -2.29. The normalized spacial score (nSPS) is 10.2. The number of Topliss-reactive ketones (excluding diaryl/α,β-unsaturated/α-hetero) is 1. The lowest BCUT2D eigenvalue weighted by atomic mass is 10.0. The van der Waals surface area contributed by atoms with Gasteiger partial charge in [-0.1, -0.05) is 6.92 Å². The Balaban J connectivity index is 2.31. The van der Waals surface area contributed by atoms with Crippen LogP contribution >= 0.6 is 0 Å². The van der Waals surface area contributed by atoms with E-state index in [1.807, 2.05) is 6.92 Å². The summed E-state index contributed by atoms with van der Waals surface area (Å²) < 4.78 is 21.5. The lowest BCUT2D eigenvalue weighted by molar-refractivity contribution is -0.123. The highest BCUT2D eigenvalue weighted by molar-refractivity contribution is 6.01. The Hall–Kier alpha value is -3.29. The van der Waals surface area contributed by atoms with Crippen LogP contribution in [0.1, 0.15) is 29.3 Å². The number of pyridine rings is 1. The lowest BCUT2D eigenvalue weighted by Gasteiger charge is -2.17. The Morgan fingerprint density at radius 1 is 1.03 bits per heavy atom. The van der Waals surface area contributed by atoms with Crippen LogP contribution in [0.4, 0.5) is 0 Å². The third-order valence-corrected chi connectivity index (χ3v) is 4.09. The van der Waals surface area contributed by atoms with Gasteiger partial charge in [0.15, 0.2) is 23.9 Å². The summed E-state index contributed by atoms with van der Waals surface area (Å²) in [5.41, 5.74) is 1.03. The molecule has 0 radical (unpaired) electrons. The van der Waals surface area contributed by atoms with Crippen LogP contribution in [0.25, 0.3) is 0 Å². The van der Waals surface area contributed by atoms with Crippen LogP contribution in [0.3, 0.4) is 0 Å². The molecule has 0 fully saturated rings. The van der Waals surface area contributed by atoms with Gasteiger partial charge in [0.2, 0.25) is 11.6 Å². The van der Waals surface area contributed by atoms with Gasteiger partial charge in [-0.2, -0.15) is 0 Å². The molecule has 1 heterocycles. The topological polar surface area (TPSA) is 96.0 Å². The molecule has 2 aromatic rings. The first-order valence-corrected chi connectivity index (χ1v) is 9.20. The zero-order valence-corrected chi connectivity index (χ0v) is 17.1. The Morgan fingerprint density at radius 3 is 2.48 bits per heavy atom. The van der Waals surface area contributed by atoms with Crippen molar-refractivity contribution >= 4 is 11.7 Å². The van der Waals surface area contributed by atoms with E-state index in [1.165, 1.54) is 21.3 Å². The van der Waals surface area contributed by atoms with E-state index >= 15 is 0 Å². The molecule has 1 amide bonds. The molecule has 1 aromatic carbocycles. The number of ether oxygens (including phenoxy) is 4. The second kappa shape index (κ2) is 10.9. The summed E-state index contributed by atoms with van der Waals surface area (Å²) in [7, 11) is 4.45. The zero-order valence-electron chi connectivity index (χ0n) is 17.1. The maximum Gasteiger partial charge on any atom is 0.257 e. The highest BCUT2D eigenvalue weighted by atomic mass is 16.5. The predicted octanol–water partition coefficient (Wildman–Crippen LogP) is 2.44. The third-order valence-electron chi connectivity index (χ3n) is 4.09. The predicted molar refractivity (Wildman–Crippen MR) is 107 cm³/mol. The van der Waals surface area contributed by atoms with Gasteiger partial charge in [-0.15, -0.1) is 0 Å². The largest absolute Gasteiger partial charge is 0.493 e. The van der Waals surface area contributed by atoms with Crippen molar-refractivity contribution in [2.75, 3.05) is 34.5 Å². The van der Waals surface area contributed by atoms with E-state index in [4.69, 9.17) is 18.9 Å². The van der Waals surface area contributed by atoms with Crippen LogP contribution in [-0.4, -0.2) is 51.2 Å². The molecule has 1 N–H and O–H groups in total. The van der Waals surface area contributed by atoms with Crippen molar-refractivity contribution in [3.63, 3.8) is 0 Å². The molecule has 0 saturated carbocycles. The van der Waals surface area contributed by atoms with Crippen molar-refractivity contribution in [1.29, 1.82) is 0 Å². The van der Waals surface area contributed by atoms with E-state index in [2.05, 4.69) is 10.3 Å². The molecule has 0 atom stereocenters. The van der Waals surface area contributed by atoms with Crippen LogP contribution in [0.2, 0.25) is 0 Å². The summed E-state index contributed by atoms with van der Waals surface area (Å²) in [6, 6.07) is 6.65.